The van der Waals surface area contributed by atoms with Crippen LogP contribution in [0.5, 0.6) is 0 Å². The second-order valence-electron chi connectivity index (χ2n) is 6.62. The minimum Gasteiger partial charge on any atom is -0.376 e. The smallest absolute Gasteiger partial charge is 0.115 e. The first-order valence-corrected chi connectivity index (χ1v) is 7.92. The van der Waals surface area contributed by atoms with Gasteiger partial charge in [-0.2, -0.15) is 0 Å². The number of rotatable bonds is 11. The van der Waals surface area contributed by atoms with Gasteiger partial charge >= 0.3 is 0 Å². The van der Waals surface area contributed by atoms with E-state index in [0.29, 0.717) is 0 Å². The van der Waals surface area contributed by atoms with Gasteiger partial charge in [-0.25, -0.2) is 4.90 Å². The summed E-state index contributed by atoms with van der Waals surface area (Å²) in [4.78, 5) is 1.76. The van der Waals surface area contributed by atoms with Gasteiger partial charge < -0.3 is 10.2 Å². The summed E-state index contributed by atoms with van der Waals surface area (Å²) in [5.74, 6) is 0. The van der Waals surface area contributed by atoms with Crippen molar-refractivity contribution in [1.82, 2.24) is 4.90 Å². The minimum absolute atomic E-state index is 0.738. The first kappa shape index (κ1) is 18.9. The summed E-state index contributed by atoms with van der Waals surface area (Å²) >= 11 is 0. The van der Waals surface area contributed by atoms with Crippen molar-refractivity contribution < 1.29 is 10.2 Å². The molecule has 0 aliphatic rings. The maximum Gasteiger partial charge on any atom is 0.115 e. The summed E-state index contributed by atoms with van der Waals surface area (Å²) in [6, 6.07) is 0. The second kappa shape index (κ2) is 8.93. The predicted octanol–water partition coefficient (Wildman–Crippen LogP) is 3.89. The molecule has 2 N–H and O–H groups in total. The van der Waals surface area contributed by atoms with E-state index < -0.39 is 11.4 Å². The van der Waals surface area contributed by atoms with Crippen molar-refractivity contribution in [3.63, 3.8) is 0 Å². The van der Waals surface area contributed by atoms with Gasteiger partial charge in [-0.3, -0.25) is 0 Å². The van der Waals surface area contributed by atoms with Crippen LogP contribution in [0.2, 0.25) is 0 Å². The zero-order valence-corrected chi connectivity index (χ0v) is 13.7. The zero-order valence-electron chi connectivity index (χ0n) is 13.7. The van der Waals surface area contributed by atoms with Crippen LogP contribution in [-0.4, -0.2) is 33.1 Å². The van der Waals surface area contributed by atoms with Gasteiger partial charge in [-0.1, -0.05) is 51.9 Å². The predicted molar refractivity (Wildman–Crippen MR) is 81.9 cm³/mol. The molecule has 0 fully saturated rings. The molecule has 19 heavy (non-hydrogen) atoms. The Morgan fingerprint density at radius 3 is 1.42 bits per heavy atom. The SMILES string of the molecule is CCCCCCCCCCN(C(C)(C)O)C(C)(C)O. The zero-order chi connectivity index (χ0) is 14.9. The van der Waals surface area contributed by atoms with E-state index >= 15 is 0 Å². The van der Waals surface area contributed by atoms with Crippen molar-refractivity contribution >= 4 is 0 Å². The molecule has 3 heteroatoms. The van der Waals surface area contributed by atoms with Gasteiger partial charge in [0, 0.05) is 6.54 Å². The van der Waals surface area contributed by atoms with Crippen LogP contribution in [0.25, 0.3) is 0 Å². The molecule has 0 unspecified atom stereocenters. The van der Waals surface area contributed by atoms with Crippen molar-refractivity contribution in [2.75, 3.05) is 6.54 Å². The van der Waals surface area contributed by atoms with Crippen LogP contribution < -0.4 is 0 Å². The lowest BCUT2D eigenvalue weighted by atomic mass is 10.1. The summed E-state index contributed by atoms with van der Waals surface area (Å²) < 4.78 is 0. The monoisotopic (exact) mass is 273 g/mol. The second-order valence-corrected chi connectivity index (χ2v) is 6.62. The third-order valence-electron chi connectivity index (χ3n) is 3.56. The molecule has 0 spiro atoms. The molecule has 3 nitrogen and oxygen atoms in total. The lowest BCUT2D eigenvalue weighted by molar-refractivity contribution is -0.200. The number of unbranched alkanes of at least 4 members (excludes halogenated alkanes) is 7. The Morgan fingerprint density at radius 1 is 0.684 bits per heavy atom. The van der Waals surface area contributed by atoms with Gasteiger partial charge in [0.15, 0.2) is 0 Å². The lowest BCUT2D eigenvalue weighted by Crippen LogP contribution is -2.55. The number of nitrogens with zero attached hydrogens (tertiary/aromatic N) is 1. The maximum atomic E-state index is 10.1. The Balaban J connectivity index is 3.78. The first-order chi connectivity index (χ1) is 8.69. The Morgan fingerprint density at radius 2 is 1.05 bits per heavy atom. The van der Waals surface area contributed by atoms with E-state index in [1.54, 1.807) is 32.6 Å². The van der Waals surface area contributed by atoms with Crippen molar-refractivity contribution in [3.8, 4) is 0 Å². The first-order valence-electron chi connectivity index (χ1n) is 7.92. The number of hydrogen-bond acceptors (Lipinski definition) is 3. The molecule has 0 rings (SSSR count). The van der Waals surface area contributed by atoms with Crippen LogP contribution in [0, 0.1) is 0 Å². The molecule has 116 valence electrons. The normalized spacial score (nSPS) is 13.3. The molecule has 0 aromatic rings. The van der Waals surface area contributed by atoms with Crippen LogP contribution >= 0.6 is 0 Å². The van der Waals surface area contributed by atoms with Gasteiger partial charge in [-0.05, 0) is 34.1 Å². The molecule has 0 aliphatic carbocycles. The minimum atomic E-state index is -0.973. The highest BCUT2D eigenvalue weighted by atomic mass is 16.3. The van der Waals surface area contributed by atoms with Gasteiger partial charge in [0.25, 0.3) is 0 Å². The van der Waals surface area contributed by atoms with E-state index in [1.807, 2.05) is 0 Å². The van der Waals surface area contributed by atoms with E-state index in [4.69, 9.17) is 0 Å². The number of aliphatic hydroxyl groups is 2. The van der Waals surface area contributed by atoms with Crippen molar-refractivity contribution in [3.05, 3.63) is 0 Å². The molecule has 0 aromatic heterocycles. The van der Waals surface area contributed by atoms with E-state index in [1.165, 1.54) is 44.9 Å². The Kier molecular flexibility index (Phi) is 8.88. The molecule has 0 saturated heterocycles. The quantitative estimate of drug-likeness (QED) is 0.443. The Labute approximate surface area is 120 Å². The third-order valence-corrected chi connectivity index (χ3v) is 3.56. The van der Waals surface area contributed by atoms with E-state index in [2.05, 4.69) is 6.92 Å². The molecular formula is C16H35NO2. The van der Waals surface area contributed by atoms with E-state index in [-0.39, 0.29) is 0 Å². The van der Waals surface area contributed by atoms with Gasteiger partial charge in [0.1, 0.15) is 11.4 Å². The van der Waals surface area contributed by atoms with Crippen molar-refractivity contribution in [2.24, 2.45) is 0 Å². The maximum absolute atomic E-state index is 10.1. The topological polar surface area (TPSA) is 43.7 Å². The average molecular weight is 273 g/mol. The molecule has 0 atom stereocenters. The van der Waals surface area contributed by atoms with Crippen LogP contribution in [0.4, 0.5) is 0 Å². The fourth-order valence-electron chi connectivity index (χ4n) is 2.62. The van der Waals surface area contributed by atoms with E-state index in [0.717, 1.165) is 13.0 Å². The van der Waals surface area contributed by atoms with Gasteiger partial charge in [0.2, 0.25) is 0 Å². The molecule has 0 saturated carbocycles. The molecular weight excluding hydrogens is 238 g/mol. The molecule has 0 amide bonds. The lowest BCUT2D eigenvalue weighted by Gasteiger charge is -2.42. The molecule has 0 heterocycles. The van der Waals surface area contributed by atoms with Crippen molar-refractivity contribution in [2.45, 2.75) is 97.4 Å². The van der Waals surface area contributed by atoms with Crippen LogP contribution in [-0.2, 0) is 0 Å². The fourth-order valence-corrected chi connectivity index (χ4v) is 2.62. The summed E-state index contributed by atoms with van der Waals surface area (Å²) in [7, 11) is 0. The standard InChI is InChI=1S/C16H35NO2/c1-6-7-8-9-10-11-12-13-14-17(15(2,3)18)16(4,5)19/h18-19H,6-14H2,1-5H3. The highest BCUT2D eigenvalue weighted by Crippen LogP contribution is 2.22. The van der Waals surface area contributed by atoms with Gasteiger partial charge in [-0.15, -0.1) is 0 Å². The summed E-state index contributed by atoms with van der Waals surface area (Å²) in [6.45, 7) is 9.90. The van der Waals surface area contributed by atoms with Crippen LogP contribution in [0.3, 0.4) is 0 Å². The average Bonchev–Trinajstić information content (AvgIpc) is 2.23. The summed E-state index contributed by atoms with van der Waals surface area (Å²) in [6.07, 6.45) is 10.1. The van der Waals surface area contributed by atoms with Crippen LogP contribution in [0.1, 0.15) is 86.0 Å². The summed E-state index contributed by atoms with van der Waals surface area (Å²) in [5.41, 5.74) is -1.95. The molecule has 0 aromatic carbocycles. The molecule has 0 bridgehead atoms. The highest BCUT2D eigenvalue weighted by molar-refractivity contribution is 4.78. The van der Waals surface area contributed by atoms with E-state index in [9.17, 15) is 10.2 Å². The highest BCUT2D eigenvalue weighted by Gasteiger charge is 2.34. The third kappa shape index (κ3) is 9.42. The molecule has 0 radical (unpaired) electrons. The van der Waals surface area contributed by atoms with Gasteiger partial charge in [0.05, 0.1) is 0 Å². The van der Waals surface area contributed by atoms with Crippen molar-refractivity contribution in [1.29, 1.82) is 0 Å². The fraction of sp³-hybridized carbons (Fsp3) is 1.00. The Hall–Kier alpha value is -0.120. The number of hydrogen-bond donors (Lipinski definition) is 2. The largest absolute Gasteiger partial charge is 0.376 e. The summed E-state index contributed by atoms with van der Waals surface area (Å²) in [5, 5.41) is 20.2. The Bertz CT molecular complexity index is 202. The van der Waals surface area contributed by atoms with Crippen LogP contribution in [0.15, 0.2) is 0 Å². The molecule has 0 aliphatic heterocycles.